The van der Waals surface area contributed by atoms with Gasteiger partial charge in [0.05, 0.1) is 12.8 Å². The van der Waals surface area contributed by atoms with Gasteiger partial charge in [-0.2, -0.15) is 0 Å². The van der Waals surface area contributed by atoms with Gasteiger partial charge in [0.25, 0.3) is 0 Å². The topological polar surface area (TPSA) is 92.6 Å². The van der Waals surface area contributed by atoms with Crippen LogP contribution in [0.4, 0.5) is 5.69 Å². The van der Waals surface area contributed by atoms with Gasteiger partial charge in [-0.15, -0.1) is 0 Å². The Balaban J connectivity index is 1.94. The minimum absolute atomic E-state index is 0.369. The zero-order valence-corrected chi connectivity index (χ0v) is 13.8. The Bertz CT molecular complexity index is 975. The molecule has 0 aliphatic rings. The first kappa shape index (κ1) is 16.4. The second-order valence-electron chi connectivity index (χ2n) is 5.35. The number of carbonyl (C=O) groups excluding carboxylic acids is 2. The maximum atomic E-state index is 12.1. The first-order chi connectivity index (χ1) is 12.1. The van der Waals surface area contributed by atoms with E-state index in [4.69, 9.17) is 9.15 Å². The molecule has 7 nitrogen and oxygen atoms in total. The van der Waals surface area contributed by atoms with E-state index in [2.05, 4.69) is 16.2 Å². The average molecular weight is 339 g/mol. The Hall–Kier alpha value is -3.48. The predicted molar refractivity (Wildman–Crippen MR) is 95.0 cm³/mol. The van der Waals surface area contributed by atoms with E-state index in [1.54, 1.807) is 13.0 Å². The van der Waals surface area contributed by atoms with Gasteiger partial charge in [-0.1, -0.05) is 18.2 Å². The van der Waals surface area contributed by atoms with Crippen molar-refractivity contribution in [3.8, 4) is 5.75 Å². The highest BCUT2D eigenvalue weighted by atomic mass is 16.5. The Morgan fingerprint density at radius 3 is 2.72 bits per heavy atom. The number of para-hydroxylation sites is 1. The summed E-state index contributed by atoms with van der Waals surface area (Å²) in [5, 5.41) is 4.64. The number of furan rings is 1. The maximum absolute atomic E-state index is 12.1. The molecule has 7 heteroatoms. The van der Waals surface area contributed by atoms with E-state index in [9.17, 15) is 9.59 Å². The minimum atomic E-state index is -0.369. The highest BCUT2D eigenvalue weighted by molar-refractivity contribution is 6.08. The molecule has 3 aromatic rings. The van der Waals surface area contributed by atoms with Crippen LogP contribution in [0.2, 0.25) is 0 Å². The molecule has 0 bridgehead atoms. The summed E-state index contributed by atoms with van der Waals surface area (Å²) in [7, 11) is 1.54. The van der Waals surface area contributed by atoms with Crippen molar-refractivity contribution in [2.24, 2.45) is 0 Å². The summed E-state index contributed by atoms with van der Waals surface area (Å²) < 4.78 is 11.2. The molecule has 0 saturated heterocycles. The number of nitrogens with one attached hydrogen (secondary N) is 3. The molecule has 0 unspecified atom stereocenters. The molecule has 128 valence electrons. The molecular formula is C18H17N3O4. The SMILES string of the molecule is COc1cc2c(cc1NC(=O)C=C(C)NNC=O)oc1ccccc12. The van der Waals surface area contributed by atoms with Crippen molar-refractivity contribution in [2.45, 2.75) is 6.92 Å². The zero-order chi connectivity index (χ0) is 17.8. The lowest BCUT2D eigenvalue weighted by Crippen LogP contribution is -2.29. The zero-order valence-electron chi connectivity index (χ0n) is 13.8. The van der Waals surface area contributed by atoms with Crippen LogP contribution in [0.3, 0.4) is 0 Å². The first-order valence-corrected chi connectivity index (χ1v) is 7.56. The fraction of sp³-hybridized carbons (Fsp3) is 0.111. The summed E-state index contributed by atoms with van der Waals surface area (Å²) in [5.41, 5.74) is 7.21. The smallest absolute Gasteiger partial charge is 0.250 e. The Kier molecular flexibility index (Phi) is 4.56. The second-order valence-corrected chi connectivity index (χ2v) is 5.35. The lowest BCUT2D eigenvalue weighted by molar-refractivity contribution is -0.112. The number of anilines is 1. The molecule has 3 N–H and O–H groups in total. The molecule has 1 aromatic heterocycles. The maximum Gasteiger partial charge on any atom is 0.250 e. The molecule has 2 amide bonds. The molecule has 25 heavy (non-hydrogen) atoms. The van der Waals surface area contributed by atoms with Gasteiger partial charge >= 0.3 is 0 Å². The van der Waals surface area contributed by atoms with Gasteiger partial charge in [-0.25, -0.2) is 0 Å². The van der Waals surface area contributed by atoms with Crippen molar-refractivity contribution >= 4 is 39.9 Å². The number of methoxy groups -OCH3 is 1. The van der Waals surface area contributed by atoms with Crippen LogP contribution in [0.5, 0.6) is 5.75 Å². The molecule has 0 atom stereocenters. The van der Waals surface area contributed by atoms with E-state index >= 15 is 0 Å². The predicted octanol–water partition coefficient (Wildman–Crippen LogP) is 2.69. The molecule has 0 spiro atoms. The summed E-state index contributed by atoms with van der Waals surface area (Å²) >= 11 is 0. The van der Waals surface area contributed by atoms with Gasteiger partial charge in [-0.05, 0) is 19.1 Å². The third kappa shape index (κ3) is 3.40. The lowest BCUT2D eigenvalue weighted by atomic mass is 10.1. The highest BCUT2D eigenvalue weighted by Crippen LogP contribution is 2.36. The van der Waals surface area contributed by atoms with E-state index in [1.807, 2.05) is 30.3 Å². The van der Waals surface area contributed by atoms with Crippen LogP contribution in [-0.2, 0) is 9.59 Å². The number of hydrazine groups is 1. The van der Waals surface area contributed by atoms with Gasteiger partial charge in [-0.3, -0.25) is 15.0 Å². The summed E-state index contributed by atoms with van der Waals surface area (Å²) in [6, 6.07) is 11.3. The van der Waals surface area contributed by atoms with Crippen molar-refractivity contribution < 1.29 is 18.7 Å². The molecule has 0 fully saturated rings. The molecule has 0 aliphatic carbocycles. The molecule has 3 rings (SSSR count). The number of ether oxygens (including phenoxy) is 1. The number of allylic oxidation sites excluding steroid dienone is 1. The van der Waals surface area contributed by atoms with Gasteiger partial charge in [0.1, 0.15) is 16.9 Å². The van der Waals surface area contributed by atoms with Crippen LogP contribution in [0.15, 0.2) is 52.6 Å². The lowest BCUT2D eigenvalue weighted by Gasteiger charge is -2.10. The van der Waals surface area contributed by atoms with Crippen molar-refractivity contribution in [1.29, 1.82) is 0 Å². The van der Waals surface area contributed by atoms with E-state index in [0.717, 1.165) is 16.4 Å². The molecule has 0 saturated carbocycles. The summed E-state index contributed by atoms with van der Waals surface area (Å²) in [6.07, 6.45) is 1.80. The van der Waals surface area contributed by atoms with E-state index in [0.29, 0.717) is 29.1 Å². The van der Waals surface area contributed by atoms with Crippen LogP contribution in [0.25, 0.3) is 21.9 Å². The Labute approximate surface area is 143 Å². The third-order valence-corrected chi connectivity index (χ3v) is 3.63. The van der Waals surface area contributed by atoms with E-state index < -0.39 is 0 Å². The van der Waals surface area contributed by atoms with Gasteiger partial charge in [0.2, 0.25) is 12.3 Å². The molecular weight excluding hydrogens is 322 g/mol. The number of benzene rings is 2. The van der Waals surface area contributed by atoms with Crippen LogP contribution in [0.1, 0.15) is 6.92 Å². The van der Waals surface area contributed by atoms with Crippen molar-refractivity contribution in [1.82, 2.24) is 10.9 Å². The monoisotopic (exact) mass is 339 g/mol. The largest absolute Gasteiger partial charge is 0.495 e. The molecule has 1 heterocycles. The fourth-order valence-corrected chi connectivity index (χ4v) is 2.56. The van der Waals surface area contributed by atoms with Gasteiger partial charge < -0.3 is 19.9 Å². The first-order valence-electron chi connectivity index (χ1n) is 7.56. The highest BCUT2D eigenvalue weighted by Gasteiger charge is 2.13. The Morgan fingerprint density at radius 2 is 1.96 bits per heavy atom. The number of carbonyl (C=O) groups is 2. The summed E-state index contributed by atoms with van der Waals surface area (Å²) in [6.45, 7) is 1.65. The van der Waals surface area contributed by atoms with Gasteiger partial charge in [0.15, 0.2) is 0 Å². The van der Waals surface area contributed by atoms with Crippen molar-refractivity contribution in [2.75, 3.05) is 12.4 Å². The normalized spacial score (nSPS) is 11.4. The van der Waals surface area contributed by atoms with Crippen molar-refractivity contribution in [3.63, 3.8) is 0 Å². The minimum Gasteiger partial charge on any atom is -0.495 e. The Morgan fingerprint density at radius 1 is 1.16 bits per heavy atom. The van der Waals surface area contributed by atoms with Crippen LogP contribution < -0.4 is 20.9 Å². The van der Waals surface area contributed by atoms with Gasteiger partial charge in [0, 0.05) is 28.6 Å². The number of amides is 2. The van der Waals surface area contributed by atoms with Crippen LogP contribution in [0, 0.1) is 0 Å². The van der Waals surface area contributed by atoms with Crippen molar-refractivity contribution in [3.05, 3.63) is 48.2 Å². The van der Waals surface area contributed by atoms with Crippen LogP contribution >= 0.6 is 0 Å². The number of hydrogen-bond donors (Lipinski definition) is 3. The second kappa shape index (κ2) is 6.96. The summed E-state index contributed by atoms with van der Waals surface area (Å²) in [4.78, 5) is 22.4. The summed E-state index contributed by atoms with van der Waals surface area (Å²) in [5.74, 6) is 0.156. The quantitative estimate of drug-likeness (QED) is 0.365. The number of rotatable bonds is 6. The fourth-order valence-electron chi connectivity index (χ4n) is 2.56. The number of fused-ring (bicyclic) bond motifs is 3. The third-order valence-electron chi connectivity index (χ3n) is 3.63. The molecule has 2 aromatic carbocycles. The average Bonchev–Trinajstić information content (AvgIpc) is 2.96. The number of hydrogen-bond acceptors (Lipinski definition) is 5. The molecule has 0 radical (unpaired) electrons. The van der Waals surface area contributed by atoms with E-state index in [-0.39, 0.29) is 5.91 Å². The van der Waals surface area contributed by atoms with Crippen LogP contribution in [-0.4, -0.2) is 19.4 Å². The molecule has 0 aliphatic heterocycles. The van der Waals surface area contributed by atoms with E-state index in [1.165, 1.54) is 13.2 Å². The standard InChI is InChI=1S/C18H17N3O4/c1-11(21-19-10-22)7-18(23)20-14-9-16-13(8-17(14)24-2)12-5-3-4-6-15(12)25-16/h3-10,21H,1-2H3,(H,19,22)(H,20,23).